The first kappa shape index (κ1) is 16.6. The van der Waals surface area contributed by atoms with E-state index in [0.29, 0.717) is 4.68 Å². The van der Waals surface area contributed by atoms with Gasteiger partial charge in [0.05, 0.1) is 11.8 Å². The SMILES string of the molecule is CC(NC(=O)CSc1nnc(C(F)(F)F)n1N)c1cccs1. The molecule has 0 saturated carbocycles. The first-order chi connectivity index (χ1) is 10.3. The van der Waals surface area contributed by atoms with Crippen LogP contribution in [0.2, 0.25) is 0 Å². The molecule has 1 unspecified atom stereocenters. The fourth-order valence-electron chi connectivity index (χ4n) is 1.59. The van der Waals surface area contributed by atoms with E-state index in [1.54, 1.807) is 0 Å². The van der Waals surface area contributed by atoms with Gasteiger partial charge in [0.2, 0.25) is 11.1 Å². The third-order valence-corrected chi connectivity index (χ3v) is 4.60. The Bertz CT molecular complexity index is 641. The molecule has 0 spiro atoms. The van der Waals surface area contributed by atoms with Crippen LogP contribution in [0.15, 0.2) is 22.7 Å². The lowest BCUT2D eigenvalue weighted by Crippen LogP contribution is -2.28. The van der Waals surface area contributed by atoms with Gasteiger partial charge in [0.15, 0.2) is 0 Å². The summed E-state index contributed by atoms with van der Waals surface area (Å²) in [5.41, 5.74) is 0. The monoisotopic (exact) mass is 351 g/mol. The normalized spacial score (nSPS) is 13.1. The Morgan fingerprint density at radius 2 is 2.27 bits per heavy atom. The Morgan fingerprint density at radius 3 is 2.82 bits per heavy atom. The van der Waals surface area contributed by atoms with Gasteiger partial charge in [-0.25, -0.2) is 4.68 Å². The number of hydrogen-bond donors (Lipinski definition) is 2. The molecule has 0 aliphatic heterocycles. The average Bonchev–Trinajstić information content (AvgIpc) is 3.04. The highest BCUT2D eigenvalue weighted by atomic mass is 32.2. The third-order valence-electron chi connectivity index (χ3n) is 2.60. The van der Waals surface area contributed by atoms with Gasteiger partial charge in [0.1, 0.15) is 0 Å². The number of hydrogen-bond acceptors (Lipinski definition) is 6. The van der Waals surface area contributed by atoms with Gasteiger partial charge in [0.25, 0.3) is 5.82 Å². The van der Waals surface area contributed by atoms with Crippen LogP contribution in [0, 0.1) is 0 Å². The van der Waals surface area contributed by atoms with Crippen molar-refractivity contribution in [3.63, 3.8) is 0 Å². The number of amides is 1. The van der Waals surface area contributed by atoms with E-state index in [-0.39, 0.29) is 22.9 Å². The van der Waals surface area contributed by atoms with E-state index in [9.17, 15) is 18.0 Å². The van der Waals surface area contributed by atoms with E-state index in [1.807, 2.05) is 24.4 Å². The van der Waals surface area contributed by atoms with Gasteiger partial charge < -0.3 is 11.2 Å². The number of nitrogen functional groups attached to an aromatic ring is 1. The van der Waals surface area contributed by atoms with Crippen molar-refractivity contribution in [2.75, 3.05) is 11.6 Å². The van der Waals surface area contributed by atoms with Crippen LogP contribution in [-0.4, -0.2) is 26.5 Å². The Morgan fingerprint density at radius 1 is 1.55 bits per heavy atom. The second kappa shape index (κ2) is 6.57. The van der Waals surface area contributed by atoms with Crippen LogP contribution in [0.3, 0.4) is 0 Å². The maximum Gasteiger partial charge on any atom is 0.453 e. The maximum atomic E-state index is 12.5. The number of nitrogens with one attached hydrogen (secondary N) is 1. The fourth-order valence-corrected chi connectivity index (χ4v) is 2.99. The van der Waals surface area contributed by atoms with E-state index in [2.05, 4.69) is 15.5 Å². The Kier molecular flexibility index (Phi) is 4.96. The van der Waals surface area contributed by atoms with E-state index in [1.165, 1.54) is 11.3 Å². The number of carbonyl (C=O) groups excluding carboxylic acids is 1. The molecule has 2 aromatic heterocycles. The molecule has 11 heteroatoms. The summed E-state index contributed by atoms with van der Waals surface area (Å²) in [6.07, 6.45) is -4.68. The smallest absolute Gasteiger partial charge is 0.348 e. The lowest BCUT2D eigenvalue weighted by Gasteiger charge is -2.11. The van der Waals surface area contributed by atoms with E-state index in [0.717, 1.165) is 16.6 Å². The average molecular weight is 351 g/mol. The van der Waals surface area contributed by atoms with Gasteiger partial charge in [-0.15, -0.1) is 21.5 Å². The Balaban J connectivity index is 1.90. The highest BCUT2D eigenvalue weighted by Gasteiger charge is 2.38. The largest absolute Gasteiger partial charge is 0.453 e. The number of carbonyl (C=O) groups is 1. The van der Waals surface area contributed by atoms with Crippen LogP contribution in [0.25, 0.3) is 0 Å². The summed E-state index contributed by atoms with van der Waals surface area (Å²) >= 11 is 2.29. The predicted molar refractivity (Wildman–Crippen MR) is 76.8 cm³/mol. The molecule has 2 heterocycles. The third kappa shape index (κ3) is 3.91. The van der Waals surface area contributed by atoms with Gasteiger partial charge in [0, 0.05) is 4.88 Å². The summed E-state index contributed by atoms with van der Waals surface area (Å²) in [6, 6.07) is 3.58. The summed E-state index contributed by atoms with van der Waals surface area (Å²) in [5.74, 6) is 3.53. The molecule has 2 rings (SSSR count). The Hall–Kier alpha value is -1.75. The van der Waals surface area contributed by atoms with Gasteiger partial charge >= 0.3 is 6.18 Å². The molecule has 0 fully saturated rings. The van der Waals surface area contributed by atoms with Gasteiger partial charge in [-0.3, -0.25) is 4.79 Å². The minimum absolute atomic E-state index is 0.108. The first-order valence-electron chi connectivity index (χ1n) is 6.02. The molecule has 22 heavy (non-hydrogen) atoms. The van der Waals surface area contributed by atoms with Crippen molar-refractivity contribution in [3.8, 4) is 0 Å². The van der Waals surface area contributed by atoms with Crippen molar-refractivity contribution in [1.82, 2.24) is 20.2 Å². The summed E-state index contributed by atoms with van der Waals surface area (Å²) < 4.78 is 37.8. The summed E-state index contributed by atoms with van der Waals surface area (Å²) in [6.45, 7) is 1.82. The zero-order valence-electron chi connectivity index (χ0n) is 11.3. The first-order valence-corrected chi connectivity index (χ1v) is 7.89. The number of nitrogens with two attached hydrogens (primary N) is 1. The standard InChI is InChI=1S/C11H12F3N5OS2/c1-6(7-3-2-4-21-7)16-8(20)5-22-10-18-17-9(19(10)15)11(12,13)14/h2-4,6H,5,15H2,1H3,(H,16,20). The van der Waals surface area contributed by atoms with Crippen LogP contribution in [0.1, 0.15) is 23.7 Å². The molecule has 0 aliphatic rings. The van der Waals surface area contributed by atoms with Crippen molar-refractivity contribution in [1.29, 1.82) is 0 Å². The molecule has 0 aliphatic carbocycles. The molecular formula is C11H12F3N5OS2. The second-order valence-electron chi connectivity index (χ2n) is 4.27. The highest BCUT2D eigenvalue weighted by Crippen LogP contribution is 2.28. The topological polar surface area (TPSA) is 85.8 Å². The minimum Gasteiger partial charge on any atom is -0.348 e. The van der Waals surface area contributed by atoms with Crippen LogP contribution in [0.4, 0.5) is 13.2 Å². The number of alkyl halides is 3. The zero-order chi connectivity index (χ0) is 16.3. The quantitative estimate of drug-likeness (QED) is 0.636. The van der Waals surface area contributed by atoms with Gasteiger partial charge in [-0.2, -0.15) is 13.2 Å². The van der Waals surface area contributed by atoms with Crippen molar-refractivity contribution in [3.05, 3.63) is 28.2 Å². The number of thiophene rings is 1. The van der Waals surface area contributed by atoms with Crippen molar-refractivity contribution < 1.29 is 18.0 Å². The van der Waals surface area contributed by atoms with Gasteiger partial charge in [-0.1, -0.05) is 17.8 Å². The molecular weight excluding hydrogens is 339 g/mol. The summed E-state index contributed by atoms with van der Waals surface area (Å²) in [7, 11) is 0. The molecule has 0 bridgehead atoms. The highest BCUT2D eigenvalue weighted by molar-refractivity contribution is 7.99. The number of aromatic nitrogens is 3. The molecule has 6 nitrogen and oxygen atoms in total. The molecule has 2 aromatic rings. The van der Waals surface area contributed by atoms with Gasteiger partial charge in [-0.05, 0) is 18.4 Å². The van der Waals surface area contributed by atoms with Crippen LogP contribution < -0.4 is 11.2 Å². The van der Waals surface area contributed by atoms with Crippen LogP contribution in [0.5, 0.6) is 0 Å². The molecule has 1 atom stereocenters. The fraction of sp³-hybridized carbons (Fsp3) is 0.364. The maximum absolute atomic E-state index is 12.5. The molecule has 0 saturated heterocycles. The number of thioether (sulfide) groups is 1. The minimum atomic E-state index is -4.68. The molecule has 0 aromatic carbocycles. The molecule has 120 valence electrons. The number of nitrogens with zero attached hydrogens (tertiary/aromatic N) is 3. The van der Waals surface area contributed by atoms with Crippen LogP contribution >= 0.6 is 23.1 Å². The summed E-state index contributed by atoms with van der Waals surface area (Å²) in [5, 5.41) is 10.8. The van der Waals surface area contributed by atoms with E-state index >= 15 is 0 Å². The van der Waals surface area contributed by atoms with Crippen molar-refractivity contribution in [2.24, 2.45) is 0 Å². The summed E-state index contributed by atoms with van der Waals surface area (Å²) in [4.78, 5) is 12.8. The number of halogens is 3. The number of rotatable bonds is 5. The lowest BCUT2D eigenvalue weighted by molar-refractivity contribution is -0.146. The zero-order valence-corrected chi connectivity index (χ0v) is 12.9. The predicted octanol–water partition coefficient (Wildman–Crippen LogP) is 2.04. The van der Waals surface area contributed by atoms with Crippen molar-refractivity contribution in [2.45, 2.75) is 24.3 Å². The van der Waals surface area contributed by atoms with E-state index < -0.39 is 12.0 Å². The molecule has 3 N–H and O–H groups in total. The van der Waals surface area contributed by atoms with Crippen LogP contribution in [-0.2, 0) is 11.0 Å². The van der Waals surface area contributed by atoms with Crippen molar-refractivity contribution >= 4 is 29.0 Å². The van der Waals surface area contributed by atoms with E-state index in [4.69, 9.17) is 5.84 Å². The lowest BCUT2D eigenvalue weighted by atomic mass is 10.3. The molecule has 0 radical (unpaired) electrons. The Labute approximate surface area is 131 Å². The second-order valence-corrected chi connectivity index (χ2v) is 6.19. The molecule has 1 amide bonds.